The summed E-state index contributed by atoms with van der Waals surface area (Å²) in [4.78, 5) is 2.54. The van der Waals surface area contributed by atoms with Crippen LogP contribution < -0.4 is 10.2 Å². The molecule has 3 rings (SSSR count). The Morgan fingerprint density at radius 1 is 1.05 bits per heavy atom. The van der Waals surface area contributed by atoms with Crippen LogP contribution in [-0.2, 0) is 6.42 Å². The van der Waals surface area contributed by atoms with E-state index in [2.05, 4.69) is 71.7 Å². The van der Waals surface area contributed by atoms with Crippen LogP contribution >= 0.6 is 0 Å². The van der Waals surface area contributed by atoms with Crippen LogP contribution in [-0.4, -0.2) is 19.6 Å². The van der Waals surface area contributed by atoms with Crippen LogP contribution in [0.4, 0.5) is 5.69 Å². The van der Waals surface area contributed by atoms with E-state index in [-0.39, 0.29) is 0 Å². The molecule has 0 saturated carbocycles. The molecule has 0 bridgehead atoms. The molecule has 1 unspecified atom stereocenters. The predicted molar refractivity (Wildman–Crippen MR) is 89.8 cm³/mol. The number of fused-ring (bicyclic) bond motifs is 1. The number of para-hydroxylation sites is 1. The van der Waals surface area contributed by atoms with E-state index in [0.29, 0.717) is 6.04 Å². The van der Waals surface area contributed by atoms with Gasteiger partial charge in [-0.15, -0.1) is 0 Å². The van der Waals surface area contributed by atoms with E-state index >= 15 is 0 Å². The van der Waals surface area contributed by atoms with E-state index in [1.165, 1.54) is 23.2 Å². The van der Waals surface area contributed by atoms with Gasteiger partial charge in [-0.2, -0.15) is 0 Å². The molecule has 1 aliphatic rings. The van der Waals surface area contributed by atoms with E-state index in [9.17, 15) is 0 Å². The van der Waals surface area contributed by atoms with E-state index in [1.807, 2.05) is 0 Å². The van der Waals surface area contributed by atoms with Crippen molar-refractivity contribution < 1.29 is 0 Å². The first-order chi connectivity index (χ1) is 10.4. The van der Waals surface area contributed by atoms with Crippen molar-refractivity contribution in [3.8, 4) is 0 Å². The van der Waals surface area contributed by atoms with Gasteiger partial charge in [0.25, 0.3) is 0 Å². The monoisotopic (exact) mass is 280 g/mol. The van der Waals surface area contributed by atoms with Gasteiger partial charge in [-0.05, 0) is 36.6 Å². The second-order valence-electron chi connectivity index (χ2n) is 5.68. The third kappa shape index (κ3) is 3.27. The third-order valence-electron chi connectivity index (χ3n) is 4.30. The molecule has 0 radical (unpaired) electrons. The highest BCUT2D eigenvalue weighted by molar-refractivity contribution is 5.57. The van der Waals surface area contributed by atoms with Gasteiger partial charge in [-0.1, -0.05) is 55.5 Å². The highest BCUT2D eigenvalue weighted by Gasteiger charge is 2.23. The molecule has 21 heavy (non-hydrogen) atoms. The quantitative estimate of drug-likeness (QED) is 0.896. The van der Waals surface area contributed by atoms with Crippen molar-refractivity contribution in [3.05, 3.63) is 65.7 Å². The third-order valence-corrected chi connectivity index (χ3v) is 4.30. The van der Waals surface area contributed by atoms with Crippen LogP contribution in [0.5, 0.6) is 0 Å². The summed E-state index contributed by atoms with van der Waals surface area (Å²) in [5, 5.41) is 3.61. The Balaban J connectivity index is 1.73. The molecule has 0 fully saturated rings. The fourth-order valence-electron chi connectivity index (χ4n) is 3.23. The summed E-state index contributed by atoms with van der Waals surface area (Å²) in [6.07, 6.45) is 2.31. The molecule has 2 aromatic rings. The normalized spacial score (nSPS) is 17.6. The zero-order valence-corrected chi connectivity index (χ0v) is 12.8. The summed E-state index contributed by atoms with van der Waals surface area (Å²) < 4.78 is 0. The van der Waals surface area contributed by atoms with Crippen molar-refractivity contribution in [2.75, 3.05) is 24.5 Å². The standard InChI is InChI=1S/C19H24N2/c1-2-20-18-13-15-21(19-11-7-6-10-17(18)19)14-12-16-8-4-3-5-9-16/h3-11,18,20H,2,12-15H2,1H3. The largest absolute Gasteiger partial charge is 0.371 e. The Hall–Kier alpha value is -1.80. The van der Waals surface area contributed by atoms with Crippen LogP contribution in [0.25, 0.3) is 0 Å². The number of hydrogen-bond acceptors (Lipinski definition) is 2. The molecule has 1 atom stereocenters. The van der Waals surface area contributed by atoms with E-state index in [1.54, 1.807) is 0 Å². The molecule has 0 spiro atoms. The fraction of sp³-hybridized carbons (Fsp3) is 0.368. The molecule has 2 heteroatoms. The smallest absolute Gasteiger partial charge is 0.0414 e. The maximum atomic E-state index is 3.61. The number of nitrogens with one attached hydrogen (secondary N) is 1. The lowest BCUT2D eigenvalue weighted by molar-refractivity contribution is 0.490. The van der Waals surface area contributed by atoms with Gasteiger partial charge in [0.1, 0.15) is 0 Å². The zero-order valence-electron chi connectivity index (χ0n) is 12.8. The van der Waals surface area contributed by atoms with Gasteiger partial charge in [0.05, 0.1) is 0 Å². The van der Waals surface area contributed by atoms with Gasteiger partial charge in [0.2, 0.25) is 0 Å². The molecule has 2 aromatic carbocycles. The maximum Gasteiger partial charge on any atom is 0.0414 e. The molecular weight excluding hydrogens is 256 g/mol. The molecule has 0 amide bonds. The number of anilines is 1. The van der Waals surface area contributed by atoms with Gasteiger partial charge in [-0.25, -0.2) is 0 Å². The molecule has 0 saturated heterocycles. The van der Waals surface area contributed by atoms with Crippen molar-refractivity contribution in [1.29, 1.82) is 0 Å². The summed E-state index contributed by atoms with van der Waals surface area (Å²) in [5.74, 6) is 0. The van der Waals surface area contributed by atoms with Crippen molar-refractivity contribution >= 4 is 5.69 Å². The van der Waals surface area contributed by atoms with Crippen molar-refractivity contribution in [2.24, 2.45) is 0 Å². The lowest BCUT2D eigenvalue weighted by Gasteiger charge is -2.36. The average Bonchev–Trinajstić information content (AvgIpc) is 2.55. The molecule has 110 valence electrons. The van der Waals surface area contributed by atoms with Crippen molar-refractivity contribution in [1.82, 2.24) is 5.32 Å². The van der Waals surface area contributed by atoms with Crippen LogP contribution in [0.2, 0.25) is 0 Å². The fourth-order valence-corrected chi connectivity index (χ4v) is 3.23. The number of benzene rings is 2. The van der Waals surface area contributed by atoms with E-state index < -0.39 is 0 Å². The van der Waals surface area contributed by atoms with E-state index in [0.717, 1.165) is 26.1 Å². The van der Waals surface area contributed by atoms with Crippen LogP contribution in [0.1, 0.15) is 30.5 Å². The average molecular weight is 280 g/mol. The zero-order chi connectivity index (χ0) is 14.5. The summed E-state index contributed by atoms with van der Waals surface area (Å²) in [6, 6.07) is 20.1. The number of nitrogens with zero attached hydrogens (tertiary/aromatic N) is 1. The number of hydrogen-bond donors (Lipinski definition) is 1. The van der Waals surface area contributed by atoms with Gasteiger partial charge in [-0.3, -0.25) is 0 Å². The first kappa shape index (κ1) is 14.2. The first-order valence-corrected chi connectivity index (χ1v) is 7.99. The molecule has 1 aliphatic heterocycles. The molecule has 1 N–H and O–H groups in total. The maximum absolute atomic E-state index is 3.61. The van der Waals surface area contributed by atoms with Crippen molar-refractivity contribution in [2.45, 2.75) is 25.8 Å². The highest BCUT2D eigenvalue weighted by Crippen LogP contribution is 2.33. The van der Waals surface area contributed by atoms with Crippen LogP contribution in [0.3, 0.4) is 0 Å². The minimum Gasteiger partial charge on any atom is -0.371 e. The predicted octanol–water partition coefficient (Wildman–Crippen LogP) is 3.79. The van der Waals surface area contributed by atoms with Gasteiger partial charge >= 0.3 is 0 Å². The van der Waals surface area contributed by atoms with Gasteiger partial charge in [0.15, 0.2) is 0 Å². The van der Waals surface area contributed by atoms with Crippen molar-refractivity contribution in [3.63, 3.8) is 0 Å². The number of rotatable bonds is 5. The van der Waals surface area contributed by atoms with E-state index in [4.69, 9.17) is 0 Å². The van der Waals surface area contributed by atoms with Crippen LogP contribution in [0.15, 0.2) is 54.6 Å². The highest BCUT2D eigenvalue weighted by atomic mass is 15.1. The second-order valence-corrected chi connectivity index (χ2v) is 5.68. The summed E-state index contributed by atoms with van der Waals surface area (Å²) in [6.45, 7) is 5.45. The van der Waals surface area contributed by atoms with Gasteiger partial charge in [0, 0.05) is 24.8 Å². The minimum atomic E-state index is 0.513. The van der Waals surface area contributed by atoms with Gasteiger partial charge < -0.3 is 10.2 Å². The minimum absolute atomic E-state index is 0.513. The summed E-state index contributed by atoms with van der Waals surface area (Å²) in [7, 11) is 0. The lowest BCUT2D eigenvalue weighted by atomic mass is 9.96. The first-order valence-electron chi connectivity index (χ1n) is 7.99. The molecule has 2 nitrogen and oxygen atoms in total. The Bertz CT molecular complexity index is 565. The molecule has 1 heterocycles. The Labute approximate surface area is 127 Å². The molecule has 0 aromatic heterocycles. The summed E-state index contributed by atoms with van der Waals surface area (Å²) >= 11 is 0. The SMILES string of the molecule is CCNC1CCN(CCc2ccccc2)c2ccccc21. The van der Waals surface area contributed by atoms with Crippen LogP contribution in [0, 0.1) is 0 Å². The Morgan fingerprint density at radius 3 is 2.62 bits per heavy atom. The second kappa shape index (κ2) is 6.77. The lowest BCUT2D eigenvalue weighted by Crippen LogP contribution is -2.36. The Morgan fingerprint density at radius 2 is 1.81 bits per heavy atom. The Kier molecular flexibility index (Phi) is 4.56. The molecule has 0 aliphatic carbocycles. The summed E-state index contributed by atoms with van der Waals surface area (Å²) in [5.41, 5.74) is 4.29. The molecular formula is C19H24N2. The topological polar surface area (TPSA) is 15.3 Å².